The van der Waals surface area contributed by atoms with Gasteiger partial charge in [0.15, 0.2) is 0 Å². The Bertz CT molecular complexity index is 704. The topological polar surface area (TPSA) is 49.4 Å². The summed E-state index contributed by atoms with van der Waals surface area (Å²) in [5.41, 5.74) is 3.98. The lowest BCUT2D eigenvalue weighted by Crippen LogP contribution is -2.21. The van der Waals surface area contributed by atoms with E-state index in [9.17, 15) is 9.59 Å². The van der Waals surface area contributed by atoms with Crippen molar-refractivity contribution in [3.05, 3.63) is 64.7 Å². The Hall–Kier alpha value is -2.62. The number of anilines is 1. The van der Waals surface area contributed by atoms with Crippen LogP contribution in [0.2, 0.25) is 0 Å². The van der Waals surface area contributed by atoms with Gasteiger partial charge in [-0.1, -0.05) is 17.7 Å². The van der Waals surface area contributed by atoms with Gasteiger partial charge in [0.05, 0.1) is 0 Å². The van der Waals surface area contributed by atoms with Crippen molar-refractivity contribution in [1.82, 2.24) is 4.90 Å². The van der Waals surface area contributed by atoms with Gasteiger partial charge >= 0.3 is 0 Å². The molecule has 114 valence electrons. The van der Waals surface area contributed by atoms with Crippen molar-refractivity contribution in [1.29, 1.82) is 0 Å². The van der Waals surface area contributed by atoms with Crippen LogP contribution in [0.1, 0.15) is 31.8 Å². The van der Waals surface area contributed by atoms with Gasteiger partial charge in [0, 0.05) is 30.9 Å². The second kappa shape index (κ2) is 6.43. The van der Waals surface area contributed by atoms with Crippen molar-refractivity contribution < 1.29 is 9.59 Å². The molecule has 0 saturated heterocycles. The van der Waals surface area contributed by atoms with E-state index in [1.54, 1.807) is 38.4 Å². The largest absolute Gasteiger partial charge is 0.345 e. The standard InChI is InChI=1S/C18H20N2O2/c1-12-5-10-16(13(2)11-12)17(21)19-15-8-6-14(7-9-15)18(22)20(3)4/h5-11H,1-4H3,(H,19,21). The van der Waals surface area contributed by atoms with E-state index in [0.717, 1.165) is 11.1 Å². The van der Waals surface area contributed by atoms with Crippen molar-refractivity contribution in [3.8, 4) is 0 Å². The van der Waals surface area contributed by atoms with Crippen molar-refractivity contribution in [2.75, 3.05) is 19.4 Å². The zero-order chi connectivity index (χ0) is 16.3. The van der Waals surface area contributed by atoms with E-state index in [2.05, 4.69) is 5.32 Å². The molecule has 0 aliphatic carbocycles. The van der Waals surface area contributed by atoms with Crippen LogP contribution in [0.3, 0.4) is 0 Å². The van der Waals surface area contributed by atoms with Crippen LogP contribution in [0.5, 0.6) is 0 Å². The molecule has 22 heavy (non-hydrogen) atoms. The maximum Gasteiger partial charge on any atom is 0.255 e. The Labute approximate surface area is 130 Å². The van der Waals surface area contributed by atoms with Crippen LogP contribution >= 0.6 is 0 Å². The molecule has 0 aromatic heterocycles. The minimum atomic E-state index is -0.149. The fraction of sp³-hybridized carbons (Fsp3) is 0.222. The maximum atomic E-state index is 12.3. The first-order valence-corrected chi connectivity index (χ1v) is 7.09. The first-order valence-electron chi connectivity index (χ1n) is 7.09. The van der Waals surface area contributed by atoms with E-state index in [1.807, 2.05) is 32.0 Å². The summed E-state index contributed by atoms with van der Waals surface area (Å²) in [5, 5.41) is 2.85. The number of carbonyl (C=O) groups is 2. The van der Waals surface area contributed by atoms with Crippen LogP contribution < -0.4 is 5.32 Å². The molecule has 0 radical (unpaired) electrons. The van der Waals surface area contributed by atoms with Crippen LogP contribution in [-0.4, -0.2) is 30.8 Å². The molecule has 0 aliphatic rings. The lowest BCUT2D eigenvalue weighted by molar-refractivity contribution is 0.0827. The predicted octanol–water partition coefficient (Wildman–Crippen LogP) is 3.26. The highest BCUT2D eigenvalue weighted by Gasteiger charge is 2.11. The third-order valence-electron chi connectivity index (χ3n) is 3.42. The summed E-state index contributed by atoms with van der Waals surface area (Å²) in [6.45, 7) is 3.91. The minimum absolute atomic E-state index is 0.0627. The molecule has 0 heterocycles. The Morgan fingerprint density at radius 1 is 0.955 bits per heavy atom. The summed E-state index contributed by atoms with van der Waals surface area (Å²) in [6, 6.07) is 12.6. The average molecular weight is 296 g/mol. The van der Waals surface area contributed by atoms with Gasteiger partial charge in [-0.2, -0.15) is 0 Å². The van der Waals surface area contributed by atoms with E-state index in [4.69, 9.17) is 0 Å². The number of hydrogen-bond acceptors (Lipinski definition) is 2. The van der Waals surface area contributed by atoms with Gasteiger partial charge in [0.25, 0.3) is 11.8 Å². The monoisotopic (exact) mass is 296 g/mol. The van der Waals surface area contributed by atoms with Crippen molar-refractivity contribution in [3.63, 3.8) is 0 Å². The number of benzene rings is 2. The highest BCUT2D eigenvalue weighted by Crippen LogP contribution is 2.15. The molecule has 2 rings (SSSR count). The van der Waals surface area contributed by atoms with Gasteiger partial charge < -0.3 is 10.2 Å². The molecule has 0 unspecified atom stereocenters. The van der Waals surface area contributed by atoms with Gasteiger partial charge in [-0.3, -0.25) is 9.59 Å². The van der Waals surface area contributed by atoms with Gasteiger partial charge in [0.1, 0.15) is 0 Å². The van der Waals surface area contributed by atoms with Crippen LogP contribution in [-0.2, 0) is 0 Å². The summed E-state index contributed by atoms with van der Waals surface area (Å²) in [6.07, 6.45) is 0. The molecule has 0 atom stereocenters. The lowest BCUT2D eigenvalue weighted by Gasteiger charge is -2.11. The Kier molecular flexibility index (Phi) is 4.61. The smallest absolute Gasteiger partial charge is 0.255 e. The number of hydrogen-bond donors (Lipinski definition) is 1. The molecular formula is C18H20N2O2. The predicted molar refractivity (Wildman–Crippen MR) is 88.3 cm³/mol. The first-order chi connectivity index (χ1) is 10.4. The molecular weight excluding hydrogens is 276 g/mol. The summed E-state index contributed by atoms with van der Waals surface area (Å²) in [4.78, 5) is 25.6. The summed E-state index contributed by atoms with van der Waals surface area (Å²) in [7, 11) is 3.41. The zero-order valence-corrected chi connectivity index (χ0v) is 13.3. The highest BCUT2D eigenvalue weighted by atomic mass is 16.2. The van der Waals surface area contributed by atoms with E-state index in [-0.39, 0.29) is 11.8 Å². The molecule has 0 bridgehead atoms. The number of nitrogens with zero attached hydrogens (tertiary/aromatic N) is 1. The zero-order valence-electron chi connectivity index (χ0n) is 13.3. The fourth-order valence-corrected chi connectivity index (χ4v) is 2.22. The normalized spacial score (nSPS) is 10.2. The van der Waals surface area contributed by atoms with Crippen molar-refractivity contribution in [2.45, 2.75) is 13.8 Å². The van der Waals surface area contributed by atoms with E-state index in [0.29, 0.717) is 16.8 Å². The van der Waals surface area contributed by atoms with Crippen LogP contribution in [0.15, 0.2) is 42.5 Å². The number of carbonyl (C=O) groups excluding carboxylic acids is 2. The molecule has 2 amide bonds. The van der Waals surface area contributed by atoms with Crippen LogP contribution in [0, 0.1) is 13.8 Å². The third kappa shape index (κ3) is 3.52. The van der Waals surface area contributed by atoms with Crippen LogP contribution in [0.25, 0.3) is 0 Å². The van der Waals surface area contributed by atoms with E-state index in [1.165, 1.54) is 4.90 Å². The maximum absolute atomic E-state index is 12.3. The van der Waals surface area contributed by atoms with Crippen molar-refractivity contribution >= 4 is 17.5 Å². The minimum Gasteiger partial charge on any atom is -0.345 e. The molecule has 4 heteroatoms. The number of amides is 2. The molecule has 4 nitrogen and oxygen atoms in total. The Morgan fingerprint density at radius 2 is 1.59 bits per heavy atom. The van der Waals surface area contributed by atoms with Gasteiger partial charge in [-0.15, -0.1) is 0 Å². The Morgan fingerprint density at radius 3 is 2.14 bits per heavy atom. The first kappa shape index (κ1) is 15.8. The van der Waals surface area contributed by atoms with Crippen molar-refractivity contribution in [2.24, 2.45) is 0 Å². The average Bonchev–Trinajstić information content (AvgIpc) is 2.47. The summed E-state index contributed by atoms with van der Waals surface area (Å²) < 4.78 is 0. The molecule has 0 aliphatic heterocycles. The molecule has 0 saturated carbocycles. The fourth-order valence-electron chi connectivity index (χ4n) is 2.22. The SMILES string of the molecule is Cc1ccc(C(=O)Nc2ccc(C(=O)N(C)C)cc2)c(C)c1. The van der Waals surface area contributed by atoms with E-state index >= 15 is 0 Å². The molecule has 2 aromatic carbocycles. The molecule has 2 aromatic rings. The molecule has 0 spiro atoms. The highest BCUT2D eigenvalue weighted by molar-refractivity contribution is 6.05. The summed E-state index contributed by atoms with van der Waals surface area (Å²) >= 11 is 0. The Balaban J connectivity index is 2.13. The number of nitrogens with one attached hydrogen (secondary N) is 1. The molecule has 0 fully saturated rings. The molecule has 1 N–H and O–H groups in total. The number of rotatable bonds is 3. The van der Waals surface area contributed by atoms with Gasteiger partial charge in [0.2, 0.25) is 0 Å². The van der Waals surface area contributed by atoms with E-state index < -0.39 is 0 Å². The third-order valence-corrected chi connectivity index (χ3v) is 3.42. The second-order valence-electron chi connectivity index (χ2n) is 5.55. The number of aryl methyl sites for hydroxylation is 2. The van der Waals surface area contributed by atoms with Gasteiger partial charge in [-0.05, 0) is 49.7 Å². The summed E-state index contributed by atoms with van der Waals surface area (Å²) in [5.74, 6) is -0.212. The quantitative estimate of drug-likeness (QED) is 0.945. The van der Waals surface area contributed by atoms with Gasteiger partial charge in [-0.25, -0.2) is 0 Å². The lowest BCUT2D eigenvalue weighted by atomic mass is 10.1. The van der Waals surface area contributed by atoms with Crippen LogP contribution in [0.4, 0.5) is 5.69 Å². The second-order valence-corrected chi connectivity index (χ2v) is 5.55.